The van der Waals surface area contributed by atoms with Crippen LogP contribution >= 0.6 is 35.6 Å². The molecule has 1 aromatic carbocycles. The first kappa shape index (κ1) is 13.2. The Bertz CT molecular complexity index is 955. The molecule has 0 N–H and O–H groups in total. The van der Waals surface area contributed by atoms with Gasteiger partial charge in [0, 0.05) is 22.3 Å². The summed E-state index contributed by atoms with van der Waals surface area (Å²) in [6, 6.07) is 12.0. The van der Waals surface area contributed by atoms with Crippen molar-refractivity contribution in [1.29, 1.82) is 0 Å². The van der Waals surface area contributed by atoms with E-state index in [4.69, 9.17) is 11.6 Å². The summed E-state index contributed by atoms with van der Waals surface area (Å²) in [6.45, 7) is 0. The minimum Gasteiger partial charge on any atom is -0.303 e. The zero-order valence-corrected chi connectivity index (χ0v) is 13.4. The molecule has 0 aliphatic rings. The van der Waals surface area contributed by atoms with E-state index < -0.39 is 0 Å². The molecular weight excluding hydrogens is 320 g/mol. The van der Waals surface area contributed by atoms with Crippen LogP contribution in [0, 0.1) is 0 Å². The highest BCUT2D eigenvalue weighted by Crippen LogP contribution is 2.31. The van der Waals surface area contributed by atoms with Crippen LogP contribution in [0.25, 0.3) is 15.7 Å². The molecule has 0 spiro atoms. The number of nitrogens with zero attached hydrogens (tertiary/aromatic N) is 2. The number of rotatable bonds is 2. The summed E-state index contributed by atoms with van der Waals surface area (Å²) in [5.41, 5.74) is 3.29. The van der Waals surface area contributed by atoms with Crippen LogP contribution < -0.4 is 0 Å². The fourth-order valence-corrected chi connectivity index (χ4v) is 3.97. The highest BCUT2D eigenvalue weighted by Gasteiger charge is 2.12. The molecule has 0 bridgehead atoms. The van der Waals surface area contributed by atoms with Crippen molar-refractivity contribution in [1.82, 2.24) is 9.38 Å². The van der Waals surface area contributed by atoms with Crippen LogP contribution in [0.15, 0.2) is 53.0 Å². The predicted molar refractivity (Wildman–Crippen MR) is 92.1 cm³/mol. The monoisotopic (exact) mass is 330 g/mol. The van der Waals surface area contributed by atoms with Crippen molar-refractivity contribution in [2.75, 3.05) is 0 Å². The quantitative estimate of drug-likeness (QED) is 0.507. The highest BCUT2D eigenvalue weighted by atomic mass is 35.5. The van der Waals surface area contributed by atoms with Gasteiger partial charge in [0.1, 0.15) is 10.7 Å². The fraction of sp³-hybridized carbons (Fsp3) is 0.0625. The van der Waals surface area contributed by atoms with E-state index in [1.807, 2.05) is 36.5 Å². The van der Waals surface area contributed by atoms with Crippen molar-refractivity contribution in [3.05, 3.63) is 64.3 Å². The Morgan fingerprint density at radius 3 is 3.05 bits per heavy atom. The lowest BCUT2D eigenvalue weighted by Crippen LogP contribution is -1.94. The number of benzene rings is 1. The Kier molecular flexibility index (Phi) is 3.17. The van der Waals surface area contributed by atoms with E-state index >= 15 is 0 Å². The first-order chi connectivity index (χ1) is 10.2. The number of imidazole rings is 1. The maximum atomic E-state index is 6.13. The van der Waals surface area contributed by atoms with Gasteiger partial charge in [-0.3, -0.25) is 0 Å². The summed E-state index contributed by atoms with van der Waals surface area (Å²) < 4.78 is 3.35. The largest absolute Gasteiger partial charge is 0.303 e. The van der Waals surface area contributed by atoms with Gasteiger partial charge in [0.15, 0.2) is 0 Å². The van der Waals surface area contributed by atoms with Crippen molar-refractivity contribution in [2.24, 2.45) is 0 Å². The van der Waals surface area contributed by atoms with Crippen LogP contribution in [0.5, 0.6) is 0 Å². The summed E-state index contributed by atoms with van der Waals surface area (Å²) in [6.07, 6.45) is 2.82. The number of hydrogen-bond donors (Lipinski definition) is 1. The minimum atomic E-state index is 0.770. The molecule has 5 heteroatoms. The van der Waals surface area contributed by atoms with Crippen molar-refractivity contribution in [3.8, 4) is 0 Å². The minimum absolute atomic E-state index is 0.770. The maximum absolute atomic E-state index is 6.13. The zero-order chi connectivity index (χ0) is 14.4. The predicted octanol–water partition coefficient (Wildman–Crippen LogP) is 5.08. The van der Waals surface area contributed by atoms with Crippen LogP contribution in [-0.4, -0.2) is 9.38 Å². The van der Waals surface area contributed by atoms with Gasteiger partial charge >= 0.3 is 0 Å². The molecule has 0 saturated heterocycles. The standard InChI is InChI=1S/C16H11ClN2S2/c17-11-4-5-14-12(8-11)10(9-21-14)7-13-16(20)18-15-3-1-2-6-19(13)15/h1-6,8-9,20H,7H2. The molecule has 104 valence electrons. The highest BCUT2D eigenvalue weighted by molar-refractivity contribution is 7.80. The van der Waals surface area contributed by atoms with E-state index in [2.05, 4.69) is 33.5 Å². The second kappa shape index (κ2) is 5.05. The normalized spacial score (nSPS) is 11.5. The maximum Gasteiger partial charge on any atom is 0.138 e. The van der Waals surface area contributed by atoms with E-state index in [-0.39, 0.29) is 0 Å². The van der Waals surface area contributed by atoms with Crippen molar-refractivity contribution < 1.29 is 0 Å². The Hall–Kier alpha value is -1.49. The fourth-order valence-electron chi connectivity index (χ4n) is 2.57. The third kappa shape index (κ3) is 2.24. The molecular formula is C16H11ClN2S2. The number of thiophene rings is 1. The van der Waals surface area contributed by atoms with Gasteiger partial charge < -0.3 is 4.40 Å². The molecule has 3 aromatic heterocycles. The topological polar surface area (TPSA) is 17.3 Å². The lowest BCUT2D eigenvalue weighted by molar-refractivity contribution is 0.993. The Morgan fingerprint density at radius 1 is 1.24 bits per heavy atom. The van der Waals surface area contributed by atoms with Crippen LogP contribution in [0.1, 0.15) is 11.3 Å². The van der Waals surface area contributed by atoms with Gasteiger partial charge in [-0.05, 0) is 46.7 Å². The van der Waals surface area contributed by atoms with E-state index in [1.165, 1.54) is 15.6 Å². The molecule has 0 amide bonds. The van der Waals surface area contributed by atoms with Crippen LogP contribution in [0.2, 0.25) is 5.02 Å². The summed E-state index contributed by atoms with van der Waals surface area (Å²) in [5.74, 6) is 0. The molecule has 0 atom stereocenters. The smallest absolute Gasteiger partial charge is 0.138 e. The van der Waals surface area contributed by atoms with E-state index in [1.54, 1.807) is 11.3 Å². The number of halogens is 1. The van der Waals surface area contributed by atoms with Gasteiger partial charge in [-0.1, -0.05) is 17.7 Å². The summed E-state index contributed by atoms with van der Waals surface area (Å²) in [5, 5.41) is 4.95. The van der Waals surface area contributed by atoms with Crippen LogP contribution in [0.4, 0.5) is 0 Å². The van der Waals surface area contributed by atoms with Gasteiger partial charge in [-0.25, -0.2) is 4.98 Å². The van der Waals surface area contributed by atoms with E-state index in [9.17, 15) is 0 Å². The van der Waals surface area contributed by atoms with Gasteiger partial charge in [-0.2, -0.15) is 0 Å². The van der Waals surface area contributed by atoms with Gasteiger partial charge in [0.25, 0.3) is 0 Å². The second-order valence-electron chi connectivity index (χ2n) is 4.89. The molecule has 2 nitrogen and oxygen atoms in total. The summed E-state index contributed by atoms with van der Waals surface area (Å²) in [7, 11) is 0. The number of pyridine rings is 1. The Morgan fingerprint density at radius 2 is 2.14 bits per heavy atom. The van der Waals surface area contributed by atoms with Crippen LogP contribution in [0.3, 0.4) is 0 Å². The first-order valence-electron chi connectivity index (χ1n) is 6.53. The lowest BCUT2D eigenvalue weighted by atomic mass is 10.1. The second-order valence-corrected chi connectivity index (χ2v) is 6.66. The summed E-state index contributed by atoms with van der Waals surface area (Å²) >= 11 is 12.4. The average molecular weight is 331 g/mol. The SMILES string of the molecule is Sc1nc2ccccn2c1Cc1csc2ccc(Cl)cc12. The summed E-state index contributed by atoms with van der Waals surface area (Å²) in [4.78, 5) is 4.50. The van der Waals surface area contributed by atoms with Crippen molar-refractivity contribution in [3.63, 3.8) is 0 Å². The van der Waals surface area contributed by atoms with Crippen molar-refractivity contribution in [2.45, 2.75) is 11.4 Å². The number of aromatic nitrogens is 2. The number of hydrogen-bond acceptors (Lipinski definition) is 3. The molecule has 21 heavy (non-hydrogen) atoms. The van der Waals surface area contributed by atoms with Gasteiger partial charge in [0.2, 0.25) is 0 Å². The van der Waals surface area contributed by atoms with Gasteiger partial charge in [0.05, 0.1) is 5.69 Å². The molecule has 4 rings (SSSR count). The number of fused-ring (bicyclic) bond motifs is 2. The van der Waals surface area contributed by atoms with E-state index in [0.29, 0.717) is 0 Å². The molecule has 0 aliphatic heterocycles. The van der Waals surface area contributed by atoms with Crippen LogP contribution in [-0.2, 0) is 6.42 Å². The van der Waals surface area contributed by atoms with E-state index in [0.717, 1.165) is 27.8 Å². The molecule has 4 aromatic rings. The first-order valence-corrected chi connectivity index (χ1v) is 8.23. The number of thiol groups is 1. The zero-order valence-electron chi connectivity index (χ0n) is 11.0. The molecule has 0 aliphatic carbocycles. The Balaban J connectivity index is 1.86. The molecule has 0 fully saturated rings. The Labute approximate surface area is 136 Å². The third-order valence-electron chi connectivity index (χ3n) is 3.58. The lowest BCUT2D eigenvalue weighted by Gasteiger charge is -2.02. The third-order valence-corrected chi connectivity index (χ3v) is 5.19. The average Bonchev–Trinajstić information content (AvgIpc) is 3.01. The molecule has 0 saturated carbocycles. The molecule has 0 unspecified atom stereocenters. The van der Waals surface area contributed by atoms with Gasteiger partial charge in [-0.15, -0.1) is 24.0 Å². The van der Waals surface area contributed by atoms with Crippen molar-refractivity contribution >= 4 is 51.3 Å². The molecule has 3 heterocycles. The molecule has 0 radical (unpaired) electrons.